The standard InChI is InChI=1S/C24H29BrO2/c1-3-26-21-14-10-18(11-15-21)23(24(25)20-8-6-5-7-9-20)19-12-16-22(17-13-19)27-4-2/h5-11,14-15,19,22H,3-4,12-13,16-17H2,1-2H3/b24-23-. The third-order valence-electron chi connectivity index (χ3n) is 5.22. The van der Waals surface area contributed by atoms with Crippen LogP contribution >= 0.6 is 15.9 Å². The Morgan fingerprint density at radius 3 is 2.11 bits per heavy atom. The summed E-state index contributed by atoms with van der Waals surface area (Å²) in [5, 5.41) is 0. The number of ether oxygens (including phenoxy) is 2. The summed E-state index contributed by atoms with van der Waals surface area (Å²) in [4.78, 5) is 0. The largest absolute Gasteiger partial charge is 0.494 e. The second kappa shape index (κ2) is 10.1. The molecule has 2 aromatic rings. The highest BCUT2D eigenvalue weighted by molar-refractivity contribution is 9.15. The predicted molar refractivity (Wildman–Crippen MR) is 117 cm³/mol. The van der Waals surface area contributed by atoms with Gasteiger partial charge in [0.2, 0.25) is 0 Å². The van der Waals surface area contributed by atoms with Gasteiger partial charge in [0.25, 0.3) is 0 Å². The fourth-order valence-electron chi connectivity index (χ4n) is 3.93. The third kappa shape index (κ3) is 5.24. The zero-order chi connectivity index (χ0) is 19.1. The second-order valence-electron chi connectivity index (χ2n) is 6.98. The molecule has 3 heteroatoms. The topological polar surface area (TPSA) is 18.5 Å². The molecule has 0 aromatic heterocycles. The maximum atomic E-state index is 5.86. The molecule has 0 N–H and O–H groups in total. The number of benzene rings is 2. The van der Waals surface area contributed by atoms with Crippen molar-refractivity contribution in [3.05, 3.63) is 65.7 Å². The van der Waals surface area contributed by atoms with Crippen LogP contribution in [0.2, 0.25) is 0 Å². The highest BCUT2D eigenvalue weighted by atomic mass is 79.9. The van der Waals surface area contributed by atoms with Crippen LogP contribution in [0.25, 0.3) is 10.1 Å². The zero-order valence-electron chi connectivity index (χ0n) is 16.3. The lowest BCUT2D eigenvalue weighted by Gasteiger charge is -2.31. The normalized spacial score (nSPS) is 20.9. The van der Waals surface area contributed by atoms with E-state index in [-0.39, 0.29) is 0 Å². The summed E-state index contributed by atoms with van der Waals surface area (Å²) in [5.41, 5.74) is 3.90. The van der Waals surface area contributed by atoms with E-state index < -0.39 is 0 Å². The first-order valence-electron chi connectivity index (χ1n) is 10.0. The highest BCUT2D eigenvalue weighted by Gasteiger charge is 2.27. The van der Waals surface area contributed by atoms with Gasteiger partial charge in [0.15, 0.2) is 0 Å². The SMILES string of the molecule is CCOc1ccc(/C(=C(/Br)c2ccccc2)C2CCC(OCC)CC2)cc1. The molecule has 0 heterocycles. The van der Waals surface area contributed by atoms with Crippen molar-refractivity contribution < 1.29 is 9.47 Å². The summed E-state index contributed by atoms with van der Waals surface area (Å²) in [6.45, 7) is 5.60. The molecule has 0 spiro atoms. The monoisotopic (exact) mass is 428 g/mol. The van der Waals surface area contributed by atoms with Crippen LogP contribution in [-0.2, 0) is 4.74 Å². The molecular formula is C24H29BrO2. The van der Waals surface area contributed by atoms with E-state index in [1.54, 1.807) is 0 Å². The van der Waals surface area contributed by atoms with Crippen LogP contribution in [0.15, 0.2) is 54.6 Å². The van der Waals surface area contributed by atoms with Gasteiger partial charge in [0.05, 0.1) is 12.7 Å². The number of hydrogen-bond acceptors (Lipinski definition) is 2. The molecule has 0 bridgehead atoms. The number of hydrogen-bond donors (Lipinski definition) is 0. The number of halogens is 1. The lowest BCUT2D eigenvalue weighted by molar-refractivity contribution is 0.0311. The van der Waals surface area contributed by atoms with Gasteiger partial charge in [-0.25, -0.2) is 0 Å². The molecule has 27 heavy (non-hydrogen) atoms. The molecule has 0 saturated heterocycles. The second-order valence-corrected chi connectivity index (χ2v) is 7.77. The third-order valence-corrected chi connectivity index (χ3v) is 6.11. The molecule has 0 radical (unpaired) electrons. The summed E-state index contributed by atoms with van der Waals surface area (Å²) in [6, 6.07) is 19.1. The van der Waals surface area contributed by atoms with E-state index in [1.165, 1.54) is 21.2 Å². The first-order chi connectivity index (χ1) is 13.2. The van der Waals surface area contributed by atoms with Crippen LogP contribution in [0.3, 0.4) is 0 Å². The van der Waals surface area contributed by atoms with E-state index in [1.807, 2.05) is 6.92 Å². The Labute approximate surface area is 171 Å². The van der Waals surface area contributed by atoms with Gasteiger partial charge in [-0.1, -0.05) is 42.5 Å². The van der Waals surface area contributed by atoms with Crippen molar-refractivity contribution in [2.75, 3.05) is 13.2 Å². The van der Waals surface area contributed by atoms with Crippen LogP contribution in [0.5, 0.6) is 5.75 Å². The van der Waals surface area contributed by atoms with Crippen LogP contribution < -0.4 is 4.74 Å². The predicted octanol–water partition coefficient (Wildman–Crippen LogP) is 6.94. The average Bonchev–Trinajstić information content (AvgIpc) is 2.72. The van der Waals surface area contributed by atoms with Crippen molar-refractivity contribution in [2.45, 2.75) is 45.6 Å². The summed E-state index contributed by atoms with van der Waals surface area (Å²) in [6.07, 6.45) is 5.01. The van der Waals surface area contributed by atoms with Crippen molar-refractivity contribution >= 4 is 26.0 Å². The van der Waals surface area contributed by atoms with E-state index >= 15 is 0 Å². The summed E-state index contributed by atoms with van der Waals surface area (Å²) < 4.78 is 12.7. The lowest BCUT2D eigenvalue weighted by atomic mass is 9.79. The fraction of sp³-hybridized carbons (Fsp3) is 0.417. The van der Waals surface area contributed by atoms with Gasteiger partial charge < -0.3 is 9.47 Å². The molecule has 2 aromatic carbocycles. The minimum absolute atomic E-state index is 0.420. The Morgan fingerprint density at radius 1 is 0.852 bits per heavy atom. The van der Waals surface area contributed by atoms with E-state index in [2.05, 4.69) is 77.5 Å². The summed E-state index contributed by atoms with van der Waals surface area (Å²) in [7, 11) is 0. The lowest BCUT2D eigenvalue weighted by Crippen LogP contribution is -2.22. The molecule has 0 atom stereocenters. The van der Waals surface area contributed by atoms with Crippen LogP contribution in [-0.4, -0.2) is 19.3 Å². The van der Waals surface area contributed by atoms with Gasteiger partial charge >= 0.3 is 0 Å². The Balaban J connectivity index is 1.92. The van der Waals surface area contributed by atoms with Crippen molar-refractivity contribution in [2.24, 2.45) is 5.92 Å². The number of rotatable bonds is 7. The molecule has 0 aliphatic heterocycles. The number of allylic oxidation sites excluding steroid dienone is 1. The zero-order valence-corrected chi connectivity index (χ0v) is 17.9. The Kier molecular flexibility index (Phi) is 7.54. The molecular weight excluding hydrogens is 400 g/mol. The molecule has 3 rings (SSSR count). The van der Waals surface area contributed by atoms with Crippen molar-refractivity contribution in [3.63, 3.8) is 0 Å². The van der Waals surface area contributed by atoms with Crippen LogP contribution in [0.1, 0.15) is 50.7 Å². The quantitative estimate of drug-likeness (QED) is 0.444. The minimum atomic E-state index is 0.420. The average molecular weight is 429 g/mol. The van der Waals surface area contributed by atoms with Gasteiger partial charge in [0, 0.05) is 11.1 Å². The van der Waals surface area contributed by atoms with Gasteiger partial charge in [-0.3, -0.25) is 0 Å². The fourth-order valence-corrected chi connectivity index (χ4v) is 4.75. The molecule has 0 unspecified atom stereocenters. The van der Waals surface area contributed by atoms with Crippen molar-refractivity contribution in [1.82, 2.24) is 0 Å². The molecule has 2 nitrogen and oxygen atoms in total. The van der Waals surface area contributed by atoms with Gasteiger partial charge in [-0.2, -0.15) is 0 Å². The first kappa shape index (κ1) is 20.2. The molecule has 1 aliphatic rings. The molecule has 1 saturated carbocycles. The summed E-state index contributed by atoms with van der Waals surface area (Å²) in [5.74, 6) is 1.46. The Hall–Kier alpha value is -1.58. The van der Waals surface area contributed by atoms with E-state index in [4.69, 9.17) is 9.47 Å². The maximum absolute atomic E-state index is 5.86. The van der Waals surface area contributed by atoms with Gasteiger partial charge in [-0.05, 0) is 90.2 Å². The van der Waals surface area contributed by atoms with Crippen molar-refractivity contribution in [1.29, 1.82) is 0 Å². The van der Waals surface area contributed by atoms with E-state index in [9.17, 15) is 0 Å². The molecule has 144 valence electrons. The van der Waals surface area contributed by atoms with Gasteiger partial charge in [0.1, 0.15) is 5.75 Å². The minimum Gasteiger partial charge on any atom is -0.494 e. The Morgan fingerprint density at radius 2 is 1.52 bits per heavy atom. The van der Waals surface area contributed by atoms with E-state index in [0.29, 0.717) is 18.6 Å². The molecule has 1 aliphatic carbocycles. The summed E-state index contributed by atoms with van der Waals surface area (Å²) >= 11 is 3.94. The van der Waals surface area contributed by atoms with Gasteiger partial charge in [-0.15, -0.1) is 0 Å². The first-order valence-corrected chi connectivity index (χ1v) is 10.8. The van der Waals surface area contributed by atoms with E-state index in [0.717, 1.165) is 38.0 Å². The van der Waals surface area contributed by atoms with Crippen LogP contribution in [0, 0.1) is 5.92 Å². The molecule has 1 fully saturated rings. The van der Waals surface area contributed by atoms with Crippen molar-refractivity contribution in [3.8, 4) is 5.75 Å². The maximum Gasteiger partial charge on any atom is 0.119 e. The smallest absolute Gasteiger partial charge is 0.119 e. The Bertz CT molecular complexity index is 729. The molecule has 0 amide bonds. The van der Waals surface area contributed by atoms with Crippen LogP contribution in [0.4, 0.5) is 0 Å². The highest BCUT2D eigenvalue weighted by Crippen LogP contribution is 2.43.